The highest BCUT2D eigenvalue weighted by Gasteiger charge is 2.12. The van der Waals surface area contributed by atoms with Crippen molar-refractivity contribution in [2.75, 3.05) is 12.4 Å². The van der Waals surface area contributed by atoms with Gasteiger partial charge < -0.3 is 15.4 Å². The Balaban J connectivity index is 1.43. The van der Waals surface area contributed by atoms with E-state index in [4.69, 9.17) is 0 Å². The van der Waals surface area contributed by atoms with Crippen LogP contribution in [0.15, 0.2) is 59.4 Å². The number of urea groups is 1. The first-order chi connectivity index (χ1) is 15.4. The number of aromatic nitrogens is 3. The fourth-order valence-electron chi connectivity index (χ4n) is 2.91. The second-order valence-corrected chi connectivity index (χ2v) is 7.89. The first-order valence-electron chi connectivity index (χ1n) is 9.63. The van der Waals surface area contributed by atoms with Gasteiger partial charge in [-0.25, -0.2) is 14.6 Å². The van der Waals surface area contributed by atoms with Crippen molar-refractivity contribution in [1.29, 1.82) is 0 Å². The number of amides is 2. The molecule has 2 aromatic carbocycles. The zero-order chi connectivity index (χ0) is 22.7. The number of esters is 1. The molecule has 0 aliphatic heterocycles. The Morgan fingerprint density at radius 2 is 1.81 bits per heavy atom. The Kier molecular flexibility index (Phi) is 5.95. The van der Waals surface area contributed by atoms with Crippen LogP contribution in [0.25, 0.3) is 15.5 Å². The molecule has 0 spiro atoms. The van der Waals surface area contributed by atoms with Gasteiger partial charge in [-0.15, -0.1) is 0 Å². The lowest BCUT2D eigenvalue weighted by Crippen LogP contribution is -2.29. The van der Waals surface area contributed by atoms with E-state index in [2.05, 4.69) is 25.5 Å². The minimum Gasteiger partial charge on any atom is -0.465 e. The fraction of sp³-hybridized carbons (Fsp3) is 0.136. The molecule has 0 radical (unpaired) electrons. The zero-order valence-corrected chi connectivity index (χ0v) is 18.1. The normalized spacial score (nSPS) is 10.7. The number of methoxy groups -OCH3 is 1. The van der Waals surface area contributed by atoms with Crippen molar-refractivity contribution in [3.05, 3.63) is 81.8 Å². The summed E-state index contributed by atoms with van der Waals surface area (Å²) in [5, 5.41) is 10.4. The van der Waals surface area contributed by atoms with E-state index in [1.54, 1.807) is 24.3 Å². The van der Waals surface area contributed by atoms with Crippen LogP contribution in [0.4, 0.5) is 10.5 Å². The summed E-state index contributed by atoms with van der Waals surface area (Å²) in [4.78, 5) is 41.0. The number of carbonyl (C=O) groups excluding carboxylic acids is 2. The van der Waals surface area contributed by atoms with Gasteiger partial charge in [-0.05, 0) is 31.2 Å². The van der Waals surface area contributed by atoms with Crippen LogP contribution in [-0.4, -0.2) is 33.7 Å². The average Bonchev–Trinajstić information content (AvgIpc) is 3.23. The molecule has 0 unspecified atom stereocenters. The molecule has 0 bridgehead atoms. The van der Waals surface area contributed by atoms with Crippen LogP contribution in [0.1, 0.15) is 21.6 Å². The monoisotopic (exact) mass is 449 g/mol. The van der Waals surface area contributed by atoms with Gasteiger partial charge in [0.25, 0.3) is 5.56 Å². The molecule has 2 aromatic heterocycles. The lowest BCUT2D eigenvalue weighted by Gasteiger charge is -2.08. The quantitative estimate of drug-likeness (QED) is 0.452. The Morgan fingerprint density at radius 3 is 2.50 bits per heavy atom. The van der Waals surface area contributed by atoms with Crippen LogP contribution >= 0.6 is 11.3 Å². The molecule has 0 saturated carbocycles. The Labute approximate surface area is 186 Å². The number of aryl methyl sites for hydroxylation is 1. The molecule has 2 N–H and O–H groups in total. The molecule has 32 heavy (non-hydrogen) atoms. The van der Waals surface area contributed by atoms with E-state index in [9.17, 15) is 14.4 Å². The van der Waals surface area contributed by atoms with Gasteiger partial charge in [-0.2, -0.15) is 9.61 Å². The van der Waals surface area contributed by atoms with E-state index in [0.29, 0.717) is 26.9 Å². The van der Waals surface area contributed by atoms with Crippen LogP contribution in [0, 0.1) is 6.92 Å². The van der Waals surface area contributed by atoms with Gasteiger partial charge in [0.1, 0.15) is 5.01 Å². The maximum absolute atomic E-state index is 12.4. The molecule has 9 nitrogen and oxygen atoms in total. The molecule has 0 fully saturated rings. The average molecular weight is 449 g/mol. The van der Waals surface area contributed by atoms with E-state index in [1.807, 2.05) is 31.2 Å². The van der Waals surface area contributed by atoms with Crippen LogP contribution in [0.3, 0.4) is 0 Å². The molecule has 0 aliphatic rings. The molecule has 162 valence electrons. The van der Waals surface area contributed by atoms with Crippen molar-refractivity contribution in [2.45, 2.75) is 13.5 Å². The first-order valence-corrected chi connectivity index (χ1v) is 10.4. The first kappa shape index (κ1) is 21.2. The number of rotatable bonds is 5. The minimum absolute atomic E-state index is 0.0651. The number of hydrogen-bond acceptors (Lipinski definition) is 7. The van der Waals surface area contributed by atoms with E-state index in [0.717, 1.165) is 11.1 Å². The fourth-order valence-corrected chi connectivity index (χ4v) is 3.84. The minimum atomic E-state index is -0.470. The third-order valence-corrected chi connectivity index (χ3v) is 5.55. The van der Waals surface area contributed by atoms with Crippen LogP contribution in [0.5, 0.6) is 0 Å². The number of nitrogens with one attached hydrogen (secondary N) is 2. The molecular formula is C22H19N5O4S. The molecule has 0 aliphatic carbocycles. The molecule has 10 heteroatoms. The Bertz CT molecular complexity index is 1340. The van der Waals surface area contributed by atoms with E-state index in [1.165, 1.54) is 29.0 Å². The summed E-state index contributed by atoms with van der Waals surface area (Å²) in [6, 6.07) is 15.0. The third-order valence-electron chi connectivity index (χ3n) is 4.59. The number of fused-ring (bicyclic) bond motifs is 1. The van der Waals surface area contributed by atoms with Crippen molar-refractivity contribution < 1.29 is 14.3 Å². The summed E-state index contributed by atoms with van der Waals surface area (Å²) in [5.41, 5.74) is 3.03. The highest BCUT2D eigenvalue weighted by Crippen LogP contribution is 2.24. The summed E-state index contributed by atoms with van der Waals surface area (Å²) in [7, 11) is 1.30. The molecule has 0 saturated heterocycles. The SMILES string of the molecule is COC(=O)c1ccc(NC(=O)NCc2cc(=O)n3nc(-c4ccc(C)cc4)sc3n2)cc1. The predicted molar refractivity (Wildman–Crippen MR) is 121 cm³/mol. The molecule has 4 rings (SSSR count). The maximum Gasteiger partial charge on any atom is 0.337 e. The van der Waals surface area contributed by atoms with Crippen molar-refractivity contribution in [2.24, 2.45) is 0 Å². The number of hydrogen-bond donors (Lipinski definition) is 2. The van der Waals surface area contributed by atoms with Crippen molar-refractivity contribution in [3.8, 4) is 10.6 Å². The summed E-state index contributed by atoms with van der Waals surface area (Å²) >= 11 is 1.30. The second-order valence-electron chi connectivity index (χ2n) is 6.93. The van der Waals surface area contributed by atoms with E-state index >= 15 is 0 Å². The zero-order valence-electron chi connectivity index (χ0n) is 17.3. The van der Waals surface area contributed by atoms with Gasteiger partial charge in [-0.1, -0.05) is 41.2 Å². The number of anilines is 1. The molecule has 0 atom stereocenters. The van der Waals surface area contributed by atoms with Crippen LogP contribution < -0.4 is 16.2 Å². The third kappa shape index (κ3) is 4.65. The van der Waals surface area contributed by atoms with Gasteiger partial charge in [0.15, 0.2) is 0 Å². The predicted octanol–water partition coefficient (Wildman–Crippen LogP) is 3.23. The molecule has 2 amide bonds. The topological polar surface area (TPSA) is 115 Å². The number of benzene rings is 2. The highest BCUT2D eigenvalue weighted by molar-refractivity contribution is 7.19. The summed E-state index contributed by atoms with van der Waals surface area (Å²) in [6.07, 6.45) is 0. The number of nitrogens with zero attached hydrogens (tertiary/aromatic N) is 3. The maximum atomic E-state index is 12.4. The smallest absolute Gasteiger partial charge is 0.337 e. The number of carbonyl (C=O) groups is 2. The van der Waals surface area contributed by atoms with Gasteiger partial charge in [0.05, 0.1) is 24.9 Å². The lowest BCUT2D eigenvalue weighted by molar-refractivity contribution is 0.0600. The second kappa shape index (κ2) is 8.98. The lowest BCUT2D eigenvalue weighted by atomic mass is 10.2. The highest BCUT2D eigenvalue weighted by atomic mass is 32.1. The summed E-state index contributed by atoms with van der Waals surface area (Å²) < 4.78 is 5.90. The van der Waals surface area contributed by atoms with Gasteiger partial charge in [0, 0.05) is 17.3 Å². The van der Waals surface area contributed by atoms with Crippen LogP contribution in [0.2, 0.25) is 0 Å². The van der Waals surface area contributed by atoms with E-state index < -0.39 is 12.0 Å². The van der Waals surface area contributed by atoms with Gasteiger partial charge in [0.2, 0.25) is 4.96 Å². The van der Waals surface area contributed by atoms with Crippen LogP contribution in [-0.2, 0) is 11.3 Å². The molecular weight excluding hydrogens is 430 g/mol. The summed E-state index contributed by atoms with van der Waals surface area (Å²) in [5.74, 6) is -0.456. The van der Waals surface area contributed by atoms with Crippen molar-refractivity contribution in [1.82, 2.24) is 19.9 Å². The van der Waals surface area contributed by atoms with Gasteiger partial charge in [-0.3, -0.25) is 4.79 Å². The van der Waals surface area contributed by atoms with Crippen molar-refractivity contribution in [3.63, 3.8) is 0 Å². The van der Waals surface area contributed by atoms with Gasteiger partial charge >= 0.3 is 12.0 Å². The molecule has 4 aromatic rings. The Hall–Kier alpha value is -4.05. The summed E-state index contributed by atoms with van der Waals surface area (Å²) in [6.45, 7) is 2.07. The molecule has 2 heterocycles. The number of ether oxygens (including phenoxy) is 1. The standard InChI is InChI=1S/C22H19N5O4S/c1-13-3-5-14(6-4-13)19-26-27-18(28)11-17(25-22(27)32-19)12-23-21(30)24-16-9-7-15(8-10-16)20(29)31-2/h3-11H,12H2,1-2H3,(H2,23,24,30). The largest absolute Gasteiger partial charge is 0.465 e. The van der Waals surface area contributed by atoms with E-state index in [-0.39, 0.29) is 12.1 Å². The van der Waals surface area contributed by atoms with Crippen molar-refractivity contribution >= 4 is 34.0 Å². The Morgan fingerprint density at radius 1 is 1.09 bits per heavy atom.